The van der Waals surface area contributed by atoms with Crippen molar-refractivity contribution in [2.75, 3.05) is 41.3 Å². The zero-order valence-electron chi connectivity index (χ0n) is 16.4. The lowest BCUT2D eigenvalue weighted by Crippen LogP contribution is -2.51. The highest BCUT2D eigenvalue weighted by atomic mass is 127. The smallest absolute Gasteiger partial charge is 0.191 e. The fraction of sp³-hybridized carbons (Fsp3) is 0.611. The molecule has 6 nitrogen and oxygen atoms in total. The normalized spacial score (nSPS) is 13.0. The van der Waals surface area contributed by atoms with Gasteiger partial charge >= 0.3 is 0 Å². The van der Waals surface area contributed by atoms with Crippen LogP contribution in [0, 0.1) is 0 Å². The number of hydrogen-bond acceptors (Lipinski definition) is 4. The second kappa shape index (κ2) is 11.4. The van der Waals surface area contributed by atoms with Gasteiger partial charge in [0, 0.05) is 25.2 Å². The number of nitrogens with one attached hydrogen (secondary N) is 2. The van der Waals surface area contributed by atoms with Crippen LogP contribution in [-0.4, -0.2) is 63.8 Å². The van der Waals surface area contributed by atoms with Crippen molar-refractivity contribution >= 4 is 29.9 Å². The average molecular weight is 464 g/mol. The predicted molar refractivity (Wildman–Crippen MR) is 116 cm³/mol. The monoisotopic (exact) mass is 464 g/mol. The van der Waals surface area contributed by atoms with Crippen molar-refractivity contribution in [2.45, 2.75) is 32.4 Å². The molecule has 0 aliphatic carbocycles. The minimum absolute atomic E-state index is 0. The molecule has 0 aromatic heterocycles. The first-order valence-corrected chi connectivity index (χ1v) is 8.21. The predicted octanol–water partition coefficient (Wildman–Crippen LogP) is 2.59. The summed E-state index contributed by atoms with van der Waals surface area (Å²) < 4.78 is 11.1. The largest absolute Gasteiger partial charge is 0.497 e. The number of benzene rings is 1. The third-order valence-electron chi connectivity index (χ3n) is 4.06. The van der Waals surface area contributed by atoms with Crippen molar-refractivity contribution in [2.24, 2.45) is 4.99 Å². The molecule has 25 heavy (non-hydrogen) atoms. The first kappa shape index (κ1) is 23.8. The molecule has 1 rings (SSSR count). The number of guanidine groups is 1. The van der Waals surface area contributed by atoms with E-state index < -0.39 is 0 Å². The van der Waals surface area contributed by atoms with E-state index in [1.807, 2.05) is 31.2 Å². The number of ether oxygens (including phenoxy) is 2. The number of rotatable bonds is 8. The van der Waals surface area contributed by atoms with Crippen molar-refractivity contribution in [1.29, 1.82) is 0 Å². The van der Waals surface area contributed by atoms with Crippen LogP contribution in [0.25, 0.3) is 0 Å². The summed E-state index contributed by atoms with van der Waals surface area (Å²) in [6, 6.07) is 7.61. The van der Waals surface area contributed by atoms with Gasteiger partial charge in [0.25, 0.3) is 0 Å². The summed E-state index contributed by atoms with van der Waals surface area (Å²) in [5.41, 5.74) is 0.0420. The quantitative estimate of drug-likeness (QED) is 0.352. The van der Waals surface area contributed by atoms with Gasteiger partial charge in [0.2, 0.25) is 0 Å². The molecule has 144 valence electrons. The molecule has 0 saturated heterocycles. The molecule has 0 saturated carbocycles. The number of hydrogen-bond donors (Lipinski definition) is 2. The first-order chi connectivity index (χ1) is 11.3. The molecule has 0 aliphatic rings. The Morgan fingerprint density at radius 2 is 1.88 bits per heavy atom. The standard InChI is InChI=1S/C18H32N4O2.HI/c1-14(24-16-10-8-9-15(11-16)23-7)12-20-17(19-4)21-13-18(2,3)22(5)6;/h8-11,14H,12-13H2,1-7H3,(H2,19,20,21);1H. The van der Waals surface area contributed by atoms with Crippen LogP contribution in [0.5, 0.6) is 11.5 Å². The lowest BCUT2D eigenvalue weighted by atomic mass is 10.0. The zero-order chi connectivity index (χ0) is 18.2. The van der Waals surface area contributed by atoms with Crippen LogP contribution in [0.1, 0.15) is 20.8 Å². The van der Waals surface area contributed by atoms with Crippen LogP contribution >= 0.6 is 24.0 Å². The topological polar surface area (TPSA) is 58.1 Å². The van der Waals surface area contributed by atoms with E-state index >= 15 is 0 Å². The summed E-state index contributed by atoms with van der Waals surface area (Å²) in [4.78, 5) is 6.44. The summed E-state index contributed by atoms with van der Waals surface area (Å²) in [5.74, 6) is 2.35. The first-order valence-electron chi connectivity index (χ1n) is 8.21. The Morgan fingerprint density at radius 1 is 1.24 bits per heavy atom. The van der Waals surface area contributed by atoms with Gasteiger partial charge in [-0.2, -0.15) is 0 Å². The molecule has 1 aromatic rings. The molecule has 2 N–H and O–H groups in total. The minimum Gasteiger partial charge on any atom is -0.497 e. The third kappa shape index (κ3) is 8.62. The zero-order valence-corrected chi connectivity index (χ0v) is 18.8. The van der Waals surface area contributed by atoms with Crippen LogP contribution in [0.4, 0.5) is 0 Å². The van der Waals surface area contributed by atoms with Gasteiger partial charge in [-0.25, -0.2) is 0 Å². The lowest BCUT2D eigenvalue weighted by Gasteiger charge is -2.33. The molecule has 0 bridgehead atoms. The van der Waals surface area contributed by atoms with Crippen LogP contribution in [0.15, 0.2) is 29.3 Å². The molecule has 0 amide bonds. The van der Waals surface area contributed by atoms with E-state index in [0.29, 0.717) is 6.54 Å². The van der Waals surface area contributed by atoms with Gasteiger partial charge in [-0.05, 0) is 47.0 Å². The van der Waals surface area contributed by atoms with E-state index in [1.165, 1.54) is 0 Å². The maximum atomic E-state index is 5.90. The third-order valence-corrected chi connectivity index (χ3v) is 4.06. The van der Waals surface area contributed by atoms with Crippen molar-refractivity contribution in [3.8, 4) is 11.5 Å². The van der Waals surface area contributed by atoms with E-state index in [2.05, 4.69) is 48.5 Å². The molecule has 0 fully saturated rings. The van der Waals surface area contributed by atoms with E-state index in [0.717, 1.165) is 24.0 Å². The van der Waals surface area contributed by atoms with Gasteiger partial charge in [-0.1, -0.05) is 6.07 Å². The highest BCUT2D eigenvalue weighted by molar-refractivity contribution is 14.0. The molecule has 0 radical (unpaired) electrons. The average Bonchev–Trinajstić information content (AvgIpc) is 2.55. The van der Waals surface area contributed by atoms with E-state index in [4.69, 9.17) is 9.47 Å². The fourth-order valence-corrected chi connectivity index (χ4v) is 1.87. The Hall–Kier alpha value is -1.22. The molecule has 1 atom stereocenters. The van der Waals surface area contributed by atoms with Crippen molar-refractivity contribution in [1.82, 2.24) is 15.5 Å². The molecule has 0 heterocycles. The number of aliphatic imine (C=N–C) groups is 1. The Balaban J connectivity index is 0.00000576. The van der Waals surface area contributed by atoms with Gasteiger partial charge in [0.05, 0.1) is 13.7 Å². The van der Waals surface area contributed by atoms with E-state index in [-0.39, 0.29) is 35.6 Å². The van der Waals surface area contributed by atoms with Crippen molar-refractivity contribution < 1.29 is 9.47 Å². The highest BCUT2D eigenvalue weighted by Gasteiger charge is 2.20. The second-order valence-corrected chi connectivity index (χ2v) is 6.62. The van der Waals surface area contributed by atoms with E-state index in [1.54, 1.807) is 14.2 Å². The Bertz CT molecular complexity index is 536. The van der Waals surface area contributed by atoms with Crippen LogP contribution in [0.2, 0.25) is 0 Å². The van der Waals surface area contributed by atoms with Crippen LogP contribution < -0.4 is 20.1 Å². The number of likely N-dealkylation sites (N-methyl/N-ethyl adjacent to an activating group) is 1. The summed E-state index contributed by atoms with van der Waals surface area (Å²) in [7, 11) is 7.56. The molecular weight excluding hydrogens is 431 g/mol. The minimum atomic E-state index is -0.00230. The Labute approximate surface area is 169 Å². The van der Waals surface area contributed by atoms with Gasteiger partial charge in [0.15, 0.2) is 5.96 Å². The molecule has 7 heteroatoms. The van der Waals surface area contributed by atoms with Crippen molar-refractivity contribution in [3.63, 3.8) is 0 Å². The Kier molecular flexibility index (Phi) is 10.8. The van der Waals surface area contributed by atoms with Crippen LogP contribution in [-0.2, 0) is 0 Å². The molecule has 1 unspecified atom stereocenters. The summed E-state index contributed by atoms with van der Waals surface area (Å²) in [6.07, 6.45) is -0.00230. The highest BCUT2D eigenvalue weighted by Crippen LogP contribution is 2.19. The maximum Gasteiger partial charge on any atom is 0.191 e. The van der Waals surface area contributed by atoms with Gasteiger partial charge in [-0.3, -0.25) is 4.99 Å². The molecule has 0 aliphatic heterocycles. The lowest BCUT2D eigenvalue weighted by molar-refractivity contribution is 0.196. The van der Waals surface area contributed by atoms with Crippen LogP contribution in [0.3, 0.4) is 0 Å². The SMILES string of the molecule is CN=C(NCC(C)Oc1cccc(OC)c1)NCC(C)(C)N(C)C.I. The van der Waals surface area contributed by atoms with Gasteiger partial charge in [0.1, 0.15) is 17.6 Å². The maximum absolute atomic E-state index is 5.90. The summed E-state index contributed by atoms with van der Waals surface area (Å²) >= 11 is 0. The summed E-state index contributed by atoms with van der Waals surface area (Å²) in [5, 5.41) is 6.64. The number of nitrogens with zero attached hydrogens (tertiary/aromatic N) is 2. The second-order valence-electron chi connectivity index (χ2n) is 6.62. The number of halogens is 1. The molecular formula is C18H33IN4O2. The fourth-order valence-electron chi connectivity index (χ4n) is 1.87. The van der Waals surface area contributed by atoms with Gasteiger partial charge in [-0.15, -0.1) is 24.0 Å². The molecule has 0 spiro atoms. The Morgan fingerprint density at radius 3 is 2.44 bits per heavy atom. The number of methoxy groups -OCH3 is 1. The summed E-state index contributed by atoms with van der Waals surface area (Å²) in [6.45, 7) is 7.83. The van der Waals surface area contributed by atoms with Crippen molar-refractivity contribution in [3.05, 3.63) is 24.3 Å². The van der Waals surface area contributed by atoms with Gasteiger partial charge < -0.3 is 25.0 Å². The molecule has 1 aromatic carbocycles. The van der Waals surface area contributed by atoms with E-state index in [9.17, 15) is 0 Å².